The molecule has 1 N–H and O–H groups in total. The van der Waals surface area contributed by atoms with Crippen molar-refractivity contribution in [1.29, 1.82) is 0 Å². The third-order valence-corrected chi connectivity index (χ3v) is 3.56. The fourth-order valence-corrected chi connectivity index (χ4v) is 2.63. The number of nitrogens with zero attached hydrogens (tertiary/aromatic N) is 1. The molecule has 4 heteroatoms. The molecular weight excluding hydrogens is 204 g/mol. The first-order chi connectivity index (χ1) is 7.65. The van der Waals surface area contributed by atoms with Crippen molar-refractivity contribution in [2.75, 3.05) is 13.2 Å². The Bertz CT molecular complexity index is 262. The summed E-state index contributed by atoms with van der Waals surface area (Å²) in [5, 5.41) is 3.44. The van der Waals surface area contributed by atoms with Gasteiger partial charge < -0.3 is 9.64 Å². The van der Waals surface area contributed by atoms with E-state index in [0.29, 0.717) is 12.5 Å². The second-order valence-corrected chi connectivity index (χ2v) is 5.08. The van der Waals surface area contributed by atoms with E-state index in [-0.39, 0.29) is 24.2 Å². The fraction of sp³-hybridized carbons (Fsp3) is 0.917. The van der Waals surface area contributed by atoms with Crippen molar-refractivity contribution in [3.8, 4) is 0 Å². The zero-order valence-corrected chi connectivity index (χ0v) is 10.4. The van der Waals surface area contributed by atoms with Crippen LogP contribution in [0, 0.1) is 5.92 Å². The van der Waals surface area contributed by atoms with Crippen LogP contribution < -0.4 is 5.32 Å². The van der Waals surface area contributed by atoms with Crippen LogP contribution in [0.3, 0.4) is 0 Å². The third kappa shape index (κ3) is 1.96. The maximum atomic E-state index is 12.2. The number of nitrogens with one attached hydrogen (secondary N) is 1. The molecule has 0 radical (unpaired) electrons. The van der Waals surface area contributed by atoms with E-state index in [4.69, 9.17) is 4.74 Å². The zero-order valence-electron chi connectivity index (χ0n) is 10.4. The molecule has 2 saturated heterocycles. The third-order valence-electron chi connectivity index (χ3n) is 3.56. The normalized spacial score (nSPS) is 35.4. The maximum Gasteiger partial charge on any atom is 0.241 e. The van der Waals surface area contributed by atoms with Gasteiger partial charge in [-0.2, -0.15) is 0 Å². The van der Waals surface area contributed by atoms with E-state index in [2.05, 4.69) is 26.1 Å². The number of hydrogen-bond donors (Lipinski definition) is 1. The van der Waals surface area contributed by atoms with Gasteiger partial charge in [-0.05, 0) is 18.8 Å². The predicted molar refractivity (Wildman–Crippen MR) is 61.9 cm³/mol. The lowest BCUT2D eigenvalue weighted by Crippen LogP contribution is -2.47. The molecule has 92 valence electrons. The largest absolute Gasteiger partial charge is 0.379 e. The molecule has 4 nitrogen and oxygen atoms in total. The quantitative estimate of drug-likeness (QED) is 0.779. The summed E-state index contributed by atoms with van der Waals surface area (Å²) in [4.78, 5) is 14.3. The van der Waals surface area contributed by atoms with Crippen molar-refractivity contribution in [2.45, 2.75) is 51.9 Å². The SMILES string of the molecule is CCC1NC(C(C)C)N(C2CCOC2)C1=O. The second kappa shape index (κ2) is 4.72. The van der Waals surface area contributed by atoms with Gasteiger partial charge in [0.25, 0.3) is 0 Å². The van der Waals surface area contributed by atoms with Gasteiger partial charge in [0.2, 0.25) is 5.91 Å². The van der Waals surface area contributed by atoms with Gasteiger partial charge in [0.05, 0.1) is 24.9 Å². The van der Waals surface area contributed by atoms with Crippen LogP contribution in [0.25, 0.3) is 0 Å². The highest BCUT2D eigenvalue weighted by atomic mass is 16.5. The number of ether oxygens (including phenoxy) is 1. The van der Waals surface area contributed by atoms with Crippen LogP contribution in [0.1, 0.15) is 33.6 Å². The van der Waals surface area contributed by atoms with Gasteiger partial charge in [-0.15, -0.1) is 0 Å². The number of carbonyl (C=O) groups is 1. The first kappa shape index (κ1) is 11.9. The Balaban J connectivity index is 2.14. The Hall–Kier alpha value is -0.610. The number of carbonyl (C=O) groups excluding carboxylic acids is 1. The average molecular weight is 226 g/mol. The molecule has 2 rings (SSSR count). The topological polar surface area (TPSA) is 41.6 Å². The Morgan fingerprint density at radius 3 is 2.81 bits per heavy atom. The average Bonchev–Trinajstić information content (AvgIpc) is 2.84. The van der Waals surface area contributed by atoms with E-state index in [1.807, 2.05) is 4.90 Å². The summed E-state index contributed by atoms with van der Waals surface area (Å²) in [6, 6.07) is 0.289. The lowest BCUT2D eigenvalue weighted by Gasteiger charge is -2.31. The van der Waals surface area contributed by atoms with E-state index in [0.717, 1.165) is 19.4 Å². The molecule has 0 spiro atoms. The molecule has 0 aromatic heterocycles. The number of rotatable bonds is 3. The summed E-state index contributed by atoms with van der Waals surface area (Å²) < 4.78 is 5.39. The van der Waals surface area contributed by atoms with Gasteiger partial charge in [-0.25, -0.2) is 0 Å². The van der Waals surface area contributed by atoms with Gasteiger partial charge >= 0.3 is 0 Å². The highest BCUT2D eigenvalue weighted by molar-refractivity contribution is 5.84. The van der Waals surface area contributed by atoms with E-state index in [9.17, 15) is 4.79 Å². The molecule has 3 unspecified atom stereocenters. The van der Waals surface area contributed by atoms with Crippen molar-refractivity contribution >= 4 is 5.91 Å². The molecule has 0 aromatic rings. The van der Waals surface area contributed by atoms with E-state index in [1.54, 1.807) is 0 Å². The first-order valence-electron chi connectivity index (χ1n) is 6.31. The van der Waals surface area contributed by atoms with Crippen LogP contribution in [0.15, 0.2) is 0 Å². The predicted octanol–water partition coefficient (Wildman–Crippen LogP) is 0.968. The molecule has 0 saturated carbocycles. The molecule has 2 aliphatic heterocycles. The molecule has 2 heterocycles. The fourth-order valence-electron chi connectivity index (χ4n) is 2.63. The summed E-state index contributed by atoms with van der Waals surface area (Å²) in [5.41, 5.74) is 0. The summed E-state index contributed by atoms with van der Waals surface area (Å²) in [5.74, 6) is 0.706. The van der Waals surface area contributed by atoms with Crippen LogP contribution in [0.4, 0.5) is 0 Å². The van der Waals surface area contributed by atoms with Crippen molar-refractivity contribution in [1.82, 2.24) is 10.2 Å². The highest BCUT2D eigenvalue weighted by Crippen LogP contribution is 2.25. The van der Waals surface area contributed by atoms with Crippen molar-refractivity contribution < 1.29 is 9.53 Å². The Kier molecular flexibility index (Phi) is 3.50. The first-order valence-corrected chi connectivity index (χ1v) is 6.31. The van der Waals surface area contributed by atoms with Crippen molar-refractivity contribution in [3.63, 3.8) is 0 Å². The summed E-state index contributed by atoms with van der Waals surface area (Å²) in [6.45, 7) is 7.86. The van der Waals surface area contributed by atoms with E-state index >= 15 is 0 Å². The number of hydrogen-bond acceptors (Lipinski definition) is 3. The van der Waals surface area contributed by atoms with Crippen LogP contribution >= 0.6 is 0 Å². The van der Waals surface area contributed by atoms with Crippen molar-refractivity contribution in [2.24, 2.45) is 5.92 Å². The molecule has 0 aromatic carbocycles. The van der Waals surface area contributed by atoms with Gasteiger partial charge in [0.1, 0.15) is 0 Å². The van der Waals surface area contributed by atoms with Crippen LogP contribution in [-0.2, 0) is 9.53 Å². The monoisotopic (exact) mass is 226 g/mol. The summed E-state index contributed by atoms with van der Waals surface area (Å²) in [6.07, 6.45) is 2.03. The standard InChI is InChI=1S/C12H22N2O2/c1-4-10-12(15)14(9-5-6-16-7-9)11(13-10)8(2)3/h8-11,13H,4-7H2,1-3H3. The maximum absolute atomic E-state index is 12.2. The molecule has 0 bridgehead atoms. The molecular formula is C12H22N2O2. The van der Waals surface area contributed by atoms with Gasteiger partial charge in [-0.1, -0.05) is 20.8 Å². The summed E-state index contributed by atoms with van der Waals surface area (Å²) in [7, 11) is 0. The molecule has 1 amide bonds. The Labute approximate surface area is 97.3 Å². The second-order valence-electron chi connectivity index (χ2n) is 5.08. The van der Waals surface area contributed by atoms with Gasteiger partial charge in [0.15, 0.2) is 0 Å². The van der Waals surface area contributed by atoms with Crippen molar-refractivity contribution in [3.05, 3.63) is 0 Å². The zero-order chi connectivity index (χ0) is 11.7. The van der Waals surface area contributed by atoms with Gasteiger partial charge in [0, 0.05) is 6.61 Å². The van der Waals surface area contributed by atoms with Crippen LogP contribution in [0.5, 0.6) is 0 Å². The molecule has 3 atom stereocenters. The minimum absolute atomic E-state index is 0.00741. The molecule has 2 fully saturated rings. The Morgan fingerprint density at radius 2 is 2.31 bits per heavy atom. The van der Waals surface area contributed by atoms with Crippen LogP contribution in [0.2, 0.25) is 0 Å². The molecule has 2 aliphatic rings. The van der Waals surface area contributed by atoms with E-state index in [1.165, 1.54) is 0 Å². The lowest BCUT2D eigenvalue weighted by atomic mass is 10.1. The smallest absolute Gasteiger partial charge is 0.241 e. The minimum Gasteiger partial charge on any atom is -0.379 e. The van der Waals surface area contributed by atoms with E-state index < -0.39 is 0 Å². The molecule has 16 heavy (non-hydrogen) atoms. The summed E-state index contributed by atoms with van der Waals surface area (Å²) >= 11 is 0. The van der Waals surface area contributed by atoms with Crippen LogP contribution in [-0.4, -0.2) is 42.3 Å². The Morgan fingerprint density at radius 1 is 1.56 bits per heavy atom. The molecule has 0 aliphatic carbocycles. The lowest BCUT2D eigenvalue weighted by molar-refractivity contribution is -0.133. The highest BCUT2D eigenvalue weighted by Gasteiger charge is 2.43. The minimum atomic E-state index is 0.00741. The van der Waals surface area contributed by atoms with Gasteiger partial charge in [-0.3, -0.25) is 10.1 Å². The number of amides is 1.